The van der Waals surface area contributed by atoms with E-state index < -0.39 is 0 Å². The maximum atomic E-state index is 5.30. The van der Waals surface area contributed by atoms with Crippen molar-refractivity contribution in [3.63, 3.8) is 0 Å². The molecule has 1 rings (SSSR count). The lowest BCUT2D eigenvalue weighted by molar-refractivity contribution is 0.0963. The van der Waals surface area contributed by atoms with Crippen molar-refractivity contribution in [1.82, 2.24) is 4.98 Å². The summed E-state index contributed by atoms with van der Waals surface area (Å²) in [6.07, 6.45) is 0.936. The fourth-order valence-electron chi connectivity index (χ4n) is 1.38. The monoisotopic (exact) mass is 208 g/mol. The Bertz CT molecular complexity index is 323. The third-order valence-corrected chi connectivity index (χ3v) is 2.13. The molecule has 0 aromatic carbocycles. The highest BCUT2D eigenvalue weighted by molar-refractivity contribution is 5.13. The first-order valence-electron chi connectivity index (χ1n) is 4.87. The van der Waals surface area contributed by atoms with Crippen molar-refractivity contribution in [2.24, 2.45) is 16.2 Å². The van der Waals surface area contributed by atoms with Gasteiger partial charge in [0.1, 0.15) is 6.54 Å². The molecule has 0 aliphatic heterocycles. The van der Waals surface area contributed by atoms with Gasteiger partial charge in [0.15, 0.2) is 0 Å². The summed E-state index contributed by atoms with van der Waals surface area (Å²) in [6, 6.07) is 5.77. The van der Waals surface area contributed by atoms with Gasteiger partial charge in [0.2, 0.25) is 0 Å². The second-order valence-electron chi connectivity index (χ2n) is 3.10. The zero-order valence-electron chi connectivity index (χ0n) is 9.05. The highest BCUT2D eigenvalue weighted by atomic mass is 16.5. The quantitative estimate of drug-likeness (QED) is 0.457. The molecule has 0 aliphatic carbocycles. The van der Waals surface area contributed by atoms with Crippen molar-refractivity contribution in [2.45, 2.75) is 26.0 Å². The van der Waals surface area contributed by atoms with Crippen molar-refractivity contribution in [2.75, 3.05) is 7.11 Å². The van der Waals surface area contributed by atoms with Gasteiger partial charge in [-0.1, -0.05) is 18.2 Å². The van der Waals surface area contributed by atoms with E-state index in [-0.39, 0.29) is 6.10 Å². The number of pyridine rings is 1. The highest BCUT2D eigenvalue weighted by Crippen LogP contribution is 2.18. The molecule has 0 amide bonds. The summed E-state index contributed by atoms with van der Waals surface area (Å²) in [5.74, 6) is 4.93. The topological polar surface area (TPSA) is 72.9 Å². The maximum Gasteiger partial charge on any atom is 0.104 e. The Morgan fingerprint density at radius 1 is 1.53 bits per heavy atom. The van der Waals surface area contributed by atoms with Gasteiger partial charge >= 0.3 is 0 Å². The first-order chi connectivity index (χ1) is 7.31. The van der Waals surface area contributed by atoms with Crippen molar-refractivity contribution in [3.05, 3.63) is 29.6 Å². The van der Waals surface area contributed by atoms with E-state index in [1.165, 1.54) is 0 Å². The molecule has 1 heterocycles. The van der Waals surface area contributed by atoms with Crippen LogP contribution < -0.4 is 5.84 Å². The first-order valence-corrected chi connectivity index (χ1v) is 4.87. The largest absolute Gasteiger partial charge is 0.375 e. The number of rotatable bonds is 5. The molecule has 0 radical (unpaired) electrons. The maximum absolute atomic E-state index is 5.30. The molecule has 0 spiro atoms. The molecule has 15 heavy (non-hydrogen) atoms. The average molecular weight is 208 g/mol. The lowest BCUT2D eigenvalue weighted by atomic mass is 10.1. The van der Waals surface area contributed by atoms with E-state index in [0.29, 0.717) is 6.54 Å². The standard InChI is InChI=1S/C10H16N4O/c1-3-10(15-2)9-6-4-5-8(13-9)7-12-14-11/h4-6,10H,3,7H2,1-2H3,(H2,11,12). The van der Waals surface area contributed by atoms with Gasteiger partial charge in [-0.25, -0.2) is 0 Å². The molecule has 0 aliphatic rings. The van der Waals surface area contributed by atoms with E-state index in [1.807, 2.05) is 18.2 Å². The van der Waals surface area contributed by atoms with Crippen LogP contribution in [-0.2, 0) is 11.3 Å². The second-order valence-corrected chi connectivity index (χ2v) is 3.10. The van der Waals surface area contributed by atoms with Gasteiger partial charge in [0, 0.05) is 7.11 Å². The van der Waals surface area contributed by atoms with E-state index >= 15 is 0 Å². The molecule has 1 atom stereocenters. The fraction of sp³-hybridized carbons (Fsp3) is 0.500. The minimum atomic E-state index is 0.0414. The molecule has 2 N–H and O–H groups in total. The Balaban J connectivity index is 2.81. The lowest BCUT2D eigenvalue weighted by Crippen LogP contribution is -2.04. The van der Waals surface area contributed by atoms with Crippen molar-refractivity contribution >= 4 is 0 Å². The number of methoxy groups -OCH3 is 1. The SMILES string of the molecule is CCC(OC)c1cccc(CN=NN)n1. The number of hydrogen-bond donors (Lipinski definition) is 1. The molecule has 5 nitrogen and oxygen atoms in total. The van der Waals surface area contributed by atoms with Gasteiger partial charge < -0.3 is 10.6 Å². The van der Waals surface area contributed by atoms with Crippen LogP contribution in [0.3, 0.4) is 0 Å². The normalized spacial score (nSPS) is 13.2. The van der Waals surface area contributed by atoms with Crippen LogP contribution in [0.5, 0.6) is 0 Å². The van der Waals surface area contributed by atoms with Gasteiger partial charge in [0.05, 0.1) is 17.5 Å². The molecule has 1 unspecified atom stereocenters. The summed E-state index contributed by atoms with van der Waals surface area (Å²) in [5, 5.41) is 6.89. The molecule has 0 saturated carbocycles. The number of nitrogens with two attached hydrogens (primary N) is 1. The molecule has 0 saturated heterocycles. The second kappa shape index (κ2) is 6.08. The molecule has 82 valence electrons. The number of ether oxygens (including phenoxy) is 1. The Kier molecular flexibility index (Phi) is 4.70. The molecule has 1 aromatic rings. The minimum Gasteiger partial charge on any atom is -0.375 e. The van der Waals surface area contributed by atoms with E-state index in [2.05, 4.69) is 22.2 Å². The van der Waals surface area contributed by atoms with Gasteiger partial charge in [-0.2, -0.15) is 5.11 Å². The van der Waals surface area contributed by atoms with Crippen LogP contribution in [0.2, 0.25) is 0 Å². The lowest BCUT2D eigenvalue weighted by Gasteiger charge is -2.12. The summed E-state index contributed by atoms with van der Waals surface area (Å²) in [4.78, 5) is 4.42. The smallest absolute Gasteiger partial charge is 0.104 e. The summed E-state index contributed by atoms with van der Waals surface area (Å²) in [5.41, 5.74) is 1.77. The van der Waals surface area contributed by atoms with Gasteiger partial charge in [0.25, 0.3) is 0 Å². The molecule has 5 heteroatoms. The Morgan fingerprint density at radius 2 is 2.33 bits per heavy atom. The average Bonchev–Trinajstić information content (AvgIpc) is 2.29. The van der Waals surface area contributed by atoms with Crippen LogP contribution in [0.4, 0.5) is 0 Å². The number of nitrogens with zero attached hydrogens (tertiary/aromatic N) is 3. The Hall–Kier alpha value is -1.49. The molecular formula is C10H16N4O. The summed E-state index contributed by atoms with van der Waals surface area (Å²) < 4.78 is 5.30. The van der Waals surface area contributed by atoms with E-state index in [0.717, 1.165) is 17.8 Å². The van der Waals surface area contributed by atoms with Crippen LogP contribution >= 0.6 is 0 Å². The van der Waals surface area contributed by atoms with Gasteiger partial charge in [-0.05, 0) is 18.6 Å². The van der Waals surface area contributed by atoms with Crippen molar-refractivity contribution < 1.29 is 4.74 Å². The third kappa shape index (κ3) is 3.28. The minimum absolute atomic E-state index is 0.0414. The van der Waals surface area contributed by atoms with E-state index in [9.17, 15) is 0 Å². The number of aromatic nitrogens is 1. The Morgan fingerprint density at radius 3 is 2.93 bits per heavy atom. The van der Waals surface area contributed by atoms with Crippen LogP contribution in [0.15, 0.2) is 28.5 Å². The van der Waals surface area contributed by atoms with Crippen LogP contribution in [0.1, 0.15) is 30.8 Å². The van der Waals surface area contributed by atoms with Crippen LogP contribution in [-0.4, -0.2) is 12.1 Å². The zero-order chi connectivity index (χ0) is 11.1. The van der Waals surface area contributed by atoms with Crippen molar-refractivity contribution in [1.29, 1.82) is 0 Å². The third-order valence-electron chi connectivity index (χ3n) is 2.13. The molecule has 1 aromatic heterocycles. The summed E-state index contributed by atoms with van der Waals surface area (Å²) in [7, 11) is 1.68. The molecule has 0 bridgehead atoms. The Labute approximate surface area is 89.3 Å². The zero-order valence-corrected chi connectivity index (χ0v) is 9.05. The molecule has 0 fully saturated rings. The molecular weight excluding hydrogens is 192 g/mol. The van der Waals surface area contributed by atoms with Crippen LogP contribution in [0, 0.1) is 0 Å². The van der Waals surface area contributed by atoms with Gasteiger partial charge in [-0.3, -0.25) is 4.98 Å². The van der Waals surface area contributed by atoms with Crippen molar-refractivity contribution in [3.8, 4) is 0 Å². The first kappa shape index (κ1) is 11.6. The van der Waals surface area contributed by atoms with E-state index in [4.69, 9.17) is 10.6 Å². The fourth-order valence-corrected chi connectivity index (χ4v) is 1.38. The van der Waals surface area contributed by atoms with Gasteiger partial charge in [-0.15, -0.1) is 0 Å². The van der Waals surface area contributed by atoms with Crippen LogP contribution in [0.25, 0.3) is 0 Å². The van der Waals surface area contributed by atoms with E-state index in [1.54, 1.807) is 7.11 Å². The predicted octanol–water partition coefficient (Wildman–Crippen LogP) is 2.01. The summed E-state index contributed by atoms with van der Waals surface area (Å²) >= 11 is 0. The highest BCUT2D eigenvalue weighted by Gasteiger charge is 2.09. The predicted molar refractivity (Wildman–Crippen MR) is 57.0 cm³/mol. The summed E-state index contributed by atoms with van der Waals surface area (Å²) in [6.45, 7) is 2.46. The number of hydrogen-bond acceptors (Lipinski definition) is 4.